The van der Waals surface area contributed by atoms with Crippen molar-refractivity contribution < 1.29 is 30.5 Å². The lowest BCUT2D eigenvalue weighted by atomic mass is 9.93. The van der Waals surface area contributed by atoms with Gasteiger partial charge in [0.2, 0.25) is 0 Å². The zero-order valence-corrected chi connectivity index (χ0v) is 17.9. The molecule has 10 heteroatoms. The monoisotopic (exact) mass is 448 g/mol. The summed E-state index contributed by atoms with van der Waals surface area (Å²) in [4.78, 5) is 5.43. The molecule has 1 aromatic heterocycles. The summed E-state index contributed by atoms with van der Waals surface area (Å²) in [6, 6.07) is 4.96. The largest absolute Gasteiger partial charge is 0.534 e. The predicted octanol–water partition coefficient (Wildman–Crippen LogP) is 4.77. The summed E-state index contributed by atoms with van der Waals surface area (Å²) in [6.07, 6.45) is 3.58. The number of aromatic nitrogens is 1. The van der Waals surface area contributed by atoms with Crippen molar-refractivity contribution in [2.45, 2.75) is 51.0 Å². The molecular formula is C20H27F3N2O4S. The summed E-state index contributed by atoms with van der Waals surface area (Å²) in [5, 5.41) is 0.218. The molecule has 0 radical (unpaired) electrons. The molecule has 1 saturated heterocycles. The minimum Gasteiger partial charge on any atom is -0.493 e. The third-order valence-corrected chi connectivity index (χ3v) is 6.32. The van der Waals surface area contributed by atoms with Crippen LogP contribution in [0.15, 0.2) is 18.2 Å². The first-order valence-corrected chi connectivity index (χ1v) is 11.6. The van der Waals surface area contributed by atoms with E-state index in [1.165, 1.54) is 0 Å². The maximum absolute atomic E-state index is 13.1. The summed E-state index contributed by atoms with van der Waals surface area (Å²) >= 11 is 0. The van der Waals surface area contributed by atoms with Gasteiger partial charge in [0, 0.05) is 5.92 Å². The lowest BCUT2D eigenvalue weighted by Gasteiger charge is -2.31. The first-order valence-electron chi connectivity index (χ1n) is 10.2. The number of benzene rings is 1. The van der Waals surface area contributed by atoms with Crippen LogP contribution in [0, 0.1) is 0 Å². The lowest BCUT2D eigenvalue weighted by Crippen LogP contribution is -2.34. The van der Waals surface area contributed by atoms with Gasteiger partial charge in [-0.25, -0.2) is 0 Å². The van der Waals surface area contributed by atoms with Gasteiger partial charge in [-0.15, -0.1) is 0 Å². The Morgan fingerprint density at radius 3 is 2.50 bits per heavy atom. The lowest BCUT2D eigenvalue weighted by molar-refractivity contribution is -0.0500. The fourth-order valence-corrected chi connectivity index (χ4v) is 4.33. The average Bonchev–Trinajstić information content (AvgIpc) is 3.05. The first-order chi connectivity index (χ1) is 14.2. The number of hydrogen-bond donors (Lipinski definition) is 1. The number of unbranched alkanes of at least 4 members (excludes halogenated alkanes) is 1. The van der Waals surface area contributed by atoms with Gasteiger partial charge in [-0.3, -0.25) is 0 Å². The number of ether oxygens (including phenoxy) is 1. The molecule has 0 saturated carbocycles. The highest BCUT2D eigenvalue weighted by molar-refractivity contribution is 7.88. The molecular weight excluding hydrogens is 421 g/mol. The van der Waals surface area contributed by atoms with Crippen LogP contribution in [0.3, 0.4) is 0 Å². The summed E-state index contributed by atoms with van der Waals surface area (Å²) in [5.41, 5.74) is -4.66. The van der Waals surface area contributed by atoms with Crippen molar-refractivity contribution in [1.82, 2.24) is 9.88 Å². The van der Waals surface area contributed by atoms with Gasteiger partial charge in [0.1, 0.15) is 5.75 Å². The van der Waals surface area contributed by atoms with E-state index in [0.29, 0.717) is 24.1 Å². The van der Waals surface area contributed by atoms with Crippen LogP contribution in [0.4, 0.5) is 13.2 Å². The van der Waals surface area contributed by atoms with Crippen molar-refractivity contribution >= 4 is 21.0 Å². The van der Waals surface area contributed by atoms with Crippen LogP contribution in [-0.2, 0) is 10.1 Å². The van der Waals surface area contributed by atoms with Gasteiger partial charge < -0.3 is 18.8 Å². The van der Waals surface area contributed by atoms with E-state index in [4.69, 9.17) is 8.92 Å². The third-order valence-electron chi connectivity index (χ3n) is 5.37. The fraction of sp³-hybridized carbons (Fsp3) is 0.600. The molecule has 30 heavy (non-hydrogen) atoms. The summed E-state index contributed by atoms with van der Waals surface area (Å²) in [7, 11) is -5.81. The highest BCUT2D eigenvalue weighted by atomic mass is 32.2. The summed E-state index contributed by atoms with van der Waals surface area (Å²) in [5.74, 6) is -0.160. The number of nitrogens with zero attached hydrogens (tertiary/aromatic N) is 1. The normalized spacial score (nSPS) is 16.8. The van der Waals surface area contributed by atoms with Gasteiger partial charge in [-0.05, 0) is 58.0 Å². The number of rotatable bonds is 8. The molecule has 2 heterocycles. The Morgan fingerprint density at radius 1 is 1.20 bits per heavy atom. The smallest absolute Gasteiger partial charge is 0.493 e. The van der Waals surface area contributed by atoms with E-state index >= 15 is 0 Å². The molecule has 2 aromatic rings. The van der Waals surface area contributed by atoms with Crippen LogP contribution >= 0.6 is 0 Å². The highest BCUT2D eigenvalue weighted by Gasteiger charge is 2.49. The second-order valence-electron chi connectivity index (χ2n) is 7.43. The number of hydrogen-bond acceptors (Lipinski definition) is 5. The van der Waals surface area contributed by atoms with Crippen LogP contribution in [0.25, 0.3) is 10.9 Å². The molecule has 1 aromatic carbocycles. The number of fused-ring (bicyclic) bond motifs is 1. The molecule has 3 rings (SSSR count). The van der Waals surface area contributed by atoms with Crippen molar-refractivity contribution in [3.63, 3.8) is 0 Å². The Morgan fingerprint density at radius 2 is 1.90 bits per heavy atom. The van der Waals surface area contributed by atoms with E-state index in [1.54, 1.807) is 25.1 Å². The third kappa shape index (κ3) is 4.69. The Hall–Kier alpha value is -1.94. The molecule has 0 amide bonds. The zero-order chi connectivity index (χ0) is 21.9. The second kappa shape index (κ2) is 9.05. The van der Waals surface area contributed by atoms with Gasteiger partial charge in [0.05, 0.1) is 23.2 Å². The molecule has 0 bridgehead atoms. The number of alkyl halides is 3. The molecule has 6 nitrogen and oxygen atoms in total. The van der Waals surface area contributed by atoms with E-state index < -0.39 is 15.6 Å². The molecule has 0 aliphatic carbocycles. The van der Waals surface area contributed by atoms with E-state index in [2.05, 4.69) is 16.8 Å². The van der Waals surface area contributed by atoms with Crippen LogP contribution in [-0.4, -0.2) is 50.1 Å². The van der Waals surface area contributed by atoms with Gasteiger partial charge in [0.25, 0.3) is 0 Å². The van der Waals surface area contributed by atoms with Crippen molar-refractivity contribution in [3.05, 3.63) is 23.9 Å². The number of likely N-dealkylation sites (tertiary alicyclic amines) is 1. The standard InChI is InChI=1S/C20H27F3N2O4S/c1-3-5-11-25-12-9-14(10-13-25)18-19(29-30(26,27)20(21,22)23)17-15(24-18)7-6-8-16(17)28-4-2/h6-8,14,24H,3-5,9-13H2,1-2H3. The molecule has 1 N–H and O–H groups in total. The van der Waals surface area contributed by atoms with Crippen molar-refractivity contribution in [2.75, 3.05) is 26.2 Å². The van der Waals surface area contributed by atoms with Crippen LogP contribution in [0.5, 0.6) is 11.5 Å². The van der Waals surface area contributed by atoms with Crippen LogP contribution < -0.4 is 8.92 Å². The van der Waals surface area contributed by atoms with Crippen LogP contribution in [0.2, 0.25) is 0 Å². The number of piperidine rings is 1. The Balaban J connectivity index is 2.01. The Kier molecular flexibility index (Phi) is 6.86. The summed E-state index contributed by atoms with van der Waals surface area (Å²) < 4.78 is 73.1. The van der Waals surface area contributed by atoms with Gasteiger partial charge in [-0.1, -0.05) is 19.4 Å². The number of nitrogens with one attached hydrogen (secondary N) is 1. The van der Waals surface area contributed by atoms with Crippen molar-refractivity contribution in [3.8, 4) is 11.5 Å². The maximum Gasteiger partial charge on any atom is 0.534 e. The fourth-order valence-electron chi connectivity index (χ4n) is 3.84. The topological polar surface area (TPSA) is 71.6 Å². The maximum atomic E-state index is 13.1. The van der Waals surface area contributed by atoms with Crippen molar-refractivity contribution in [1.29, 1.82) is 0 Å². The van der Waals surface area contributed by atoms with Crippen molar-refractivity contribution in [2.24, 2.45) is 0 Å². The zero-order valence-electron chi connectivity index (χ0n) is 17.1. The number of halogens is 3. The predicted molar refractivity (Wildman–Crippen MR) is 108 cm³/mol. The quantitative estimate of drug-likeness (QED) is 0.465. The van der Waals surface area contributed by atoms with Crippen LogP contribution in [0.1, 0.15) is 51.1 Å². The average molecular weight is 449 g/mol. The molecule has 1 aliphatic rings. The van der Waals surface area contributed by atoms with E-state index in [-0.39, 0.29) is 29.4 Å². The Labute approximate surface area is 174 Å². The first kappa shape index (κ1) is 22.7. The molecule has 1 aliphatic heterocycles. The SMILES string of the molecule is CCCCN1CCC(c2[nH]c3cccc(OCC)c3c2OS(=O)(=O)C(F)(F)F)CC1. The second-order valence-corrected chi connectivity index (χ2v) is 8.97. The van der Waals surface area contributed by atoms with E-state index in [0.717, 1.165) is 32.5 Å². The van der Waals surface area contributed by atoms with Gasteiger partial charge in [0.15, 0.2) is 5.75 Å². The van der Waals surface area contributed by atoms with E-state index in [9.17, 15) is 21.6 Å². The van der Waals surface area contributed by atoms with Gasteiger partial charge in [-0.2, -0.15) is 21.6 Å². The molecule has 168 valence electrons. The summed E-state index contributed by atoms with van der Waals surface area (Å²) in [6.45, 7) is 6.72. The molecule has 1 fully saturated rings. The molecule has 0 atom stereocenters. The number of H-pyrrole nitrogens is 1. The molecule has 0 unspecified atom stereocenters. The minimum atomic E-state index is -5.81. The Bertz CT molecular complexity index is 964. The molecule has 0 spiro atoms. The highest BCUT2D eigenvalue weighted by Crippen LogP contribution is 2.44. The van der Waals surface area contributed by atoms with Gasteiger partial charge >= 0.3 is 15.6 Å². The van der Waals surface area contributed by atoms with E-state index in [1.807, 2.05) is 0 Å². The number of aromatic amines is 1. The minimum absolute atomic E-state index is 0.136.